The minimum atomic E-state index is 0.121. The molecular formula is C17H24N2O. The van der Waals surface area contributed by atoms with Gasteiger partial charge in [-0.15, -0.1) is 0 Å². The van der Waals surface area contributed by atoms with Gasteiger partial charge < -0.3 is 9.80 Å². The van der Waals surface area contributed by atoms with Crippen molar-refractivity contribution in [2.75, 3.05) is 28.2 Å². The van der Waals surface area contributed by atoms with E-state index in [4.69, 9.17) is 0 Å². The van der Waals surface area contributed by atoms with Gasteiger partial charge in [-0.1, -0.05) is 18.2 Å². The fraction of sp³-hybridized carbons (Fsp3) is 0.353. The SMILES string of the molecule is CN(C)/C=C/C=C/C1=CC(=O)/C(=C/C=C/N(C)C)CC1. The molecule has 0 bridgehead atoms. The summed E-state index contributed by atoms with van der Waals surface area (Å²) in [5.41, 5.74) is 1.97. The van der Waals surface area contributed by atoms with Crippen molar-refractivity contribution in [1.29, 1.82) is 0 Å². The first kappa shape index (κ1) is 16.0. The second-order valence-corrected chi connectivity index (χ2v) is 5.24. The summed E-state index contributed by atoms with van der Waals surface area (Å²) in [4.78, 5) is 15.9. The van der Waals surface area contributed by atoms with Crippen LogP contribution in [0.3, 0.4) is 0 Å². The normalized spacial score (nSPS) is 18.5. The van der Waals surface area contributed by atoms with E-state index in [9.17, 15) is 4.79 Å². The van der Waals surface area contributed by atoms with Crippen molar-refractivity contribution in [2.24, 2.45) is 0 Å². The van der Waals surface area contributed by atoms with E-state index in [0.717, 1.165) is 24.0 Å². The Labute approximate surface area is 122 Å². The molecule has 0 unspecified atom stereocenters. The first-order valence-electron chi connectivity index (χ1n) is 6.79. The summed E-state index contributed by atoms with van der Waals surface area (Å²) in [7, 11) is 7.88. The monoisotopic (exact) mass is 272 g/mol. The maximum atomic E-state index is 12.0. The second kappa shape index (κ2) is 8.20. The fourth-order valence-corrected chi connectivity index (χ4v) is 1.76. The quantitative estimate of drug-likeness (QED) is 0.568. The highest BCUT2D eigenvalue weighted by Crippen LogP contribution is 2.21. The number of carbonyl (C=O) groups is 1. The predicted octanol–water partition coefficient (Wildman–Crippen LogP) is 2.91. The average Bonchev–Trinajstić information content (AvgIpc) is 2.36. The summed E-state index contributed by atoms with van der Waals surface area (Å²) in [6, 6.07) is 0. The lowest BCUT2D eigenvalue weighted by atomic mass is 9.93. The molecule has 1 aliphatic rings. The largest absolute Gasteiger partial charge is 0.383 e. The van der Waals surface area contributed by atoms with E-state index in [-0.39, 0.29) is 5.78 Å². The van der Waals surface area contributed by atoms with Gasteiger partial charge in [-0.05, 0) is 54.6 Å². The van der Waals surface area contributed by atoms with Crippen LogP contribution >= 0.6 is 0 Å². The highest BCUT2D eigenvalue weighted by Gasteiger charge is 2.13. The highest BCUT2D eigenvalue weighted by atomic mass is 16.1. The van der Waals surface area contributed by atoms with Gasteiger partial charge in [0.2, 0.25) is 0 Å². The van der Waals surface area contributed by atoms with Gasteiger partial charge in [-0.3, -0.25) is 4.79 Å². The van der Waals surface area contributed by atoms with Crippen molar-refractivity contribution in [3.8, 4) is 0 Å². The van der Waals surface area contributed by atoms with Gasteiger partial charge in [0.25, 0.3) is 0 Å². The zero-order valence-electron chi connectivity index (χ0n) is 12.8. The summed E-state index contributed by atoms with van der Waals surface area (Å²) < 4.78 is 0. The molecule has 3 heteroatoms. The molecule has 0 atom stereocenters. The Kier molecular flexibility index (Phi) is 6.57. The first-order valence-corrected chi connectivity index (χ1v) is 6.79. The maximum absolute atomic E-state index is 12.0. The molecule has 0 amide bonds. The molecule has 0 spiro atoms. The number of ketones is 1. The fourth-order valence-electron chi connectivity index (χ4n) is 1.76. The molecule has 0 aliphatic heterocycles. The van der Waals surface area contributed by atoms with Crippen LogP contribution in [-0.4, -0.2) is 43.8 Å². The number of carbonyl (C=O) groups excluding carboxylic acids is 1. The Morgan fingerprint density at radius 1 is 0.950 bits per heavy atom. The van der Waals surface area contributed by atoms with E-state index < -0.39 is 0 Å². The topological polar surface area (TPSA) is 23.6 Å². The van der Waals surface area contributed by atoms with E-state index in [1.54, 1.807) is 6.08 Å². The van der Waals surface area contributed by atoms with Crippen molar-refractivity contribution < 1.29 is 4.79 Å². The van der Waals surface area contributed by atoms with Crippen LogP contribution in [0.2, 0.25) is 0 Å². The maximum Gasteiger partial charge on any atom is 0.182 e. The number of nitrogens with zero attached hydrogens (tertiary/aromatic N) is 2. The average molecular weight is 272 g/mol. The van der Waals surface area contributed by atoms with Gasteiger partial charge in [-0.25, -0.2) is 0 Å². The molecular weight excluding hydrogens is 248 g/mol. The molecule has 1 aliphatic carbocycles. The van der Waals surface area contributed by atoms with Crippen LogP contribution in [0.1, 0.15) is 12.8 Å². The van der Waals surface area contributed by atoms with E-state index in [0.29, 0.717) is 0 Å². The Bertz CT molecular complexity index is 477. The van der Waals surface area contributed by atoms with Crippen molar-refractivity contribution in [2.45, 2.75) is 12.8 Å². The third-order valence-corrected chi connectivity index (χ3v) is 2.80. The molecule has 0 radical (unpaired) electrons. The summed E-state index contributed by atoms with van der Waals surface area (Å²) >= 11 is 0. The Morgan fingerprint density at radius 3 is 2.20 bits per heavy atom. The number of allylic oxidation sites excluding steroid dienone is 8. The van der Waals surface area contributed by atoms with Crippen molar-refractivity contribution in [3.05, 3.63) is 60.0 Å². The van der Waals surface area contributed by atoms with E-state index >= 15 is 0 Å². The minimum absolute atomic E-state index is 0.121. The lowest BCUT2D eigenvalue weighted by molar-refractivity contribution is -0.111. The van der Waals surface area contributed by atoms with Crippen molar-refractivity contribution in [3.63, 3.8) is 0 Å². The Morgan fingerprint density at radius 2 is 1.60 bits per heavy atom. The molecule has 0 heterocycles. The predicted molar refractivity (Wildman–Crippen MR) is 85.2 cm³/mol. The van der Waals surface area contributed by atoms with Gasteiger partial charge in [-0.2, -0.15) is 0 Å². The first-order chi connectivity index (χ1) is 9.49. The molecule has 0 saturated heterocycles. The van der Waals surface area contributed by atoms with Crippen molar-refractivity contribution in [1.82, 2.24) is 9.80 Å². The number of hydrogen-bond donors (Lipinski definition) is 0. The van der Waals surface area contributed by atoms with Crippen LogP contribution in [0.25, 0.3) is 0 Å². The number of rotatable bonds is 5. The second-order valence-electron chi connectivity index (χ2n) is 5.24. The van der Waals surface area contributed by atoms with Crippen LogP contribution in [0.15, 0.2) is 60.0 Å². The third-order valence-electron chi connectivity index (χ3n) is 2.80. The van der Waals surface area contributed by atoms with Crippen LogP contribution in [0.5, 0.6) is 0 Å². The molecule has 0 saturated carbocycles. The van der Waals surface area contributed by atoms with Crippen LogP contribution < -0.4 is 0 Å². The third kappa shape index (κ3) is 6.23. The lowest BCUT2D eigenvalue weighted by Crippen LogP contribution is -2.06. The molecule has 0 aromatic rings. The molecule has 20 heavy (non-hydrogen) atoms. The van der Waals surface area contributed by atoms with Gasteiger partial charge >= 0.3 is 0 Å². The summed E-state index contributed by atoms with van der Waals surface area (Å²) in [5.74, 6) is 0.121. The molecule has 0 aromatic carbocycles. The Hall–Kier alpha value is -2.03. The van der Waals surface area contributed by atoms with E-state index in [1.165, 1.54) is 0 Å². The van der Waals surface area contributed by atoms with E-state index in [2.05, 4.69) is 0 Å². The molecule has 108 valence electrons. The summed E-state index contributed by atoms with van der Waals surface area (Å²) in [5, 5.41) is 0. The molecule has 0 N–H and O–H groups in total. The standard InChI is InChI=1S/C17H24N2O/c1-18(2)12-6-5-8-15-10-11-16(17(20)14-15)9-7-13-19(3)4/h5-9,12-14H,10-11H2,1-4H3/b8-5+,12-6+,13-7+,16-9+. The summed E-state index contributed by atoms with van der Waals surface area (Å²) in [6.07, 6.45) is 17.1. The summed E-state index contributed by atoms with van der Waals surface area (Å²) in [6.45, 7) is 0. The van der Waals surface area contributed by atoms with Gasteiger partial charge in [0.15, 0.2) is 5.78 Å². The Balaban J connectivity index is 2.63. The van der Waals surface area contributed by atoms with Crippen LogP contribution in [-0.2, 0) is 4.79 Å². The van der Waals surface area contributed by atoms with E-state index in [1.807, 2.05) is 80.8 Å². The van der Waals surface area contributed by atoms with Crippen LogP contribution in [0.4, 0.5) is 0 Å². The van der Waals surface area contributed by atoms with Gasteiger partial charge in [0.05, 0.1) is 0 Å². The van der Waals surface area contributed by atoms with Gasteiger partial charge in [0, 0.05) is 28.2 Å². The highest BCUT2D eigenvalue weighted by molar-refractivity contribution is 6.05. The van der Waals surface area contributed by atoms with Gasteiger partial charge in [0.1, 0.15) is 0 Å². The van der Waals surface area contributed by atoms with Crippen LogP contribution in [0, 0.1) is 0 Å². The molecule has 0 fully saturated rings. The molecule has 3 nitrogen and oxygen atoms in total. The minimum Gasteiger partial charge on any atom is -0.383 e. The zero-order chi connectivity index (χ0) is 15.0. The van der Waals surface area contributed by atoms with Crippen molar-refractivity contribution >= 4 is 5.78 Å². The zero-order valence-corrected chi connectivity index (χ0v) is 12.8. The molecule has 1 rings (SSSR count). The molecule has 0 aromatic heterocycles. The number of hydrogen-bond acceptors (Lipinski definition) is 3. The smallest absolute Gasteiger partial charge is 0.182 e. The lowest BCUT2D eigenvalue weighted by Gasteiger charge is -2.11.